The maximum atomic E-state index is 3.83. The third-order valence-electron chi connectivity index (χ3n) is 5.87. The van der Waals surface area contributed by atoms with Gasteiger partial charge in [-0.15, -0.1) is 24.8 Å². The molecule has 2 unspecified atom stereocenters. The molecule has 0 radical (unpaired) electrons. The van der Waals surface area contributed by atoms with Gasteiger partial charge in [-0.05, 0) is 49.3 Å². The van der Waals surface area contributed by atoms with Crippen LogP contribution in [0.5, 0.6) is 0 Å². The second-order valence-electron chi connectivity index (χ2n) is 8.16. The zero-order valence-corrected chi connectivity index (χ0v) is 19.6. The van der Waals surface area contributed by atoms with Crippen LogP contribution in [0, 0.1) is 6.92 Å². The summed E-state index contributed by atoms with van der Waals surface area (Å²) in [5.74, 6) is 0. The van der Waals surface area contributed by atoms with Crippen LogP contribution in [0.15, 0.2) is 48.5 Å². The first-order chi connectivity index (χ1) is 13.2. The Labute approximate surface area is 190 Å². The summed E-state index contributed by atoms with van der Waals surface area (Å²) in [6, 6.07) is 19.3. The quantitative estimate of drug-likeness (QED) is 0.476. The average Bonchev–Trinajstić information content (AvgIpc) is 2.71. The molecule has 1 fully saturated rings. The van der Waals surface area contributed by atoms with Crippen LogP contribution in [0.4, 0.5) is 0 Å². The lowest BCUT2D eigenvalue weighted by atomic mass is 9.90. The molecule has 0 saturated heterocycles. The molecule has 1 aliphatic rings. The molecule has 0 aliphatic heterocycles. The zero-order chi connectivity index (χ0) is 18.9. The Bertz CT molecular complexity index is 670. The van der Waals surface area contributed by atoms with Gasteiger partial charge in [-0.3, -0.25) is 0 Å². The number of halogens is 2. The van der Waals surface area contributed by atoms with Crippen LogP contribution >= 0.6 is 24.8 Å². The summed E-state index contributed by atoms with van der Waals surface area (Å²) in [5, 5.41) is 7.65. The minimum atomic E-state index is 0. The number of unbranched alkanes of at least 4 members (excludes halogenated alkanes) is 1. The Morgan fingerprint density at radius 1 is 0.724 bits per heavy atom. The molecule has 0 amide bonds. The lowest BCUT2D eigenvalue weighted by Gasteiger charge is -2.33. The van der Waals surface area contributed by atoms with Gasteiger partial charge >= 0.3 is 0 Å². The Kier molecular flexibility index (Phi) is 12.6. The number of aryl methyl sites for hydroxylation is 2. The lowest BCUT2D eigenvalue weighted by Crippen LogP contribution is -2.49. The predicted octanol–water partition coefficient (Wildman–Crippen LogP) is 6.37. The van der Waals surface area contributed by atoms with E-state index in [0.29, 0.717) is 12.1 Å². The van der Waals surface area contributed by atoms with Gasteiger partial charge in [0, 0.05) is 25.2 Å². The van der Waals surface area contributed by atoms with Crippen molar-refractivity contribution in [3.8, 4) is 0 Å². The highest BCUT2D eigenvalue weighted by Crippen LogP contribution is 2.20. The van der Waals surface area contributed by atoms with Crippen molar-refractivity contribution < 1.29 is 0 Å². The van der Waals surface area contributed by atoms with Gasteiger partial charge in [-0.1, -0.05) is 80.3 Å². The molecule has 0 aromatic heterocycles. The van der Waals surface area contributed by atoms with Crippen LogP contribution in [0.2, 0.25) is 0 Å². The van der Waals surface area contributed by atoms with E-state index in [1.54, 1.807) is 0 Å². The molecule has 0 spiro atoms. The number of nitrogens with one attached hydrogen (secondary N) is 2. The number of rotatable bonds is 9. The Balaban J connectivity index is 0.00000210. The number of hydrogen-bond donors (Lipinski definition) is 2. The van der Waals surface area contributed by atoms with Gasteiger partial charge in [0.15, 0.2) is 0 Å². The average molecular weight is 437 g/mol. The van der Waals surface area contributed by atoms with Crippen molar-refractivity contribution >= 4 is 24.8 Å². The molecule has 3 rings (SSSR count). The van der Waals surface area contributed by atoms with Gasteiger partial charge in [0.1, 0.15) is 0 Å². The molecule has 2 nitrogen and oxygen atoms in total. The summed E-state index contributed by atoms with van der Waals surface area (Å²) in [4.78, 5) is 0. The highest BCUT2D eigenvalue weighted by molar-refractivity contribution is 5.85. The van der Waals surface area contributed by atoms with Gasteiger partial charge in [0.2, 0.25) is 0 Å². The molecular formula is C25H38Cl2N2. The fraction of sp³-hybridized carbons (Fsp3) is 0.520. The van der Waals surface area contributed by atoms with Crippen LogP contribution < -0.4 is 10.6 Å². The van der Waals surface area contributed by atoms with Crippen molar-refractivity contribution in [3.63, 3.8) is 0 Å². The topological polar surface area (TPSA) is 24.1 Å². The van der Waals surface area contributed by atoms with Crippen molar-refractivity contribution in [3.05, 3.63) is 70.8 Å². The maximum Gasteiger partial charge on any atom is 0.0224 e. The van der Waals surface area contributed by atoms with E-state index in [4.69, 9.17) is 0 Å². The van der Waals surface area contributed by atoms with E-state index in [-0.39, 0.29) is 24.8 Å². The van der Waals surface area contributed by atoms with Crippen LogP contribution in [0.25, 0.3) is 0 Å². The van der Waals surface area contributed by atoms with E-state index in [1.165, 1.54) is 67.2 Å². The van der Waals surface area contributed by atoms with E-state index in [0.717, 1.165) is 13.1 Å². The summed E-state index contributed by atoms with van der Waals surface area (Å²) in [6.07, 6.45) is 9.00. The fourth-order valence-corrected chi connectivity index (χ4v) is 4.03. The molecular weight excluding hydrogens is 399 g/mol. The van der Waals surface area contributed by atoms with Crippen LogP contribution in [-0.4, -0.2) is 12.1 Å². The predicted molar refractivity (Wildman–Crippen MR) is 130 cm³/mol. The fourth-order valence-electron chi connectivity index (χ4n) is 4.03. The third kappa shape index (κ3) is 8.68. The van der Waals surface area contributed by atoms with Crippen molar-refractivity contribution in [1.29, 1.82) is 0 Å². The highest BCUT2D eigenvalue weighted by atomic mass is 35.5. The van der Waals surface area contributed by atoms with Crippen molar-refractivity contribution in [2.75, 3.05) is 0 Å². The summed E-state index contributed by atoms with van der Waals surface area (Å²) in [6.45, 7) is 6.34. The van der Waals surface area contributed by atoms with Crippen molar-refractivity contribution in [2.24, 2.45) is 0 Å². The molecule has 1 saturated carbocycles. The Morgan fingerprint density at radius 3 is 1.66 bits per heavy atom. The molecule has 2 aromatic rings. The smallest absolute Gasteiger partial charge is 0.0224 e. The first kappa shape index (κ1) is 26.0. The summed E-state index contributed by atoms with van der Waals surface area (Å²) >= 11 is 0. The van der Waals surface area contributed by atoms with Crippen LogP contribution in [-0.2, 0) is 19.5 Å². The molecule has 29 heavy (non-hydrogen) atoms. The Hall–Kier alpha value is -1.06. The minimum Gasteiger partial charge on any atom is -0.308 e. The zero-order valence-electron chi connectivity index (χ0n) is 18.0. The van der Waals surface area contributed by atoms with E-state index in [9.17, 15) is 0 Å². The van der Waals surface area contributed by atoms with E-state index >= 15 is 0 Å². The van der Waals surface area contributed by atoms with E-state index in [1.807, 2.05) is 0 Å². The second kappa shape index (κ2) is 14.0. The van der Waals surface area contributed by atoms with Crippen LogP contribution in [0.3, 0.4) is 0 Å². The summed E-state index contributed by atoms with van der Waals surface area (Å²) in [7, 11) is 0. The standard InChI is InChI=1S/C25H36N2.2ClH/c1-3-4-7-21-14-16-23(17-15-21)19-27-25-9-6-5-8-24(25)26-18-22-12-10-20(2)11-13-22;;/h10-17,24-27H,3-9,18-19H2,1-2H3;2*1H. The van der Waals surface area contributed by atoms with Gasteiger partial charge in [-0.2, -0.15) is 0 Å². The first-order valence-corrected chi connectivity index (χ1v) is 10.8. The minimum absolute atomic E-state index is 0. The Morgan fingerprint density at radius 2 is 1.17 bits per heavy atom. The summed E-state index contributed by atoms with van der Waals surface area (Å²) in [5.41, 5.74) is 5.58. The van der Waals surface area contributed by atoms with Gasteiger partial charge in [-0.25, -0.2) is 0 Å². The van der Waals surface area contributed by atoms with E-state index < -0.39 is 0 Å². The molecule has 2 N–H and O–H groups in total. The highest BCUT2D eigenvalue weighted by Gasteiger charge is 2.24. The molecule has 1 aliphatic carbocycles. The maximum absolute atomic E-state index is 3.83. The monoisotopic (exact) mass is 436 g/mol. The number of benzene rings is 2. The van der Waals surface area contributed by atoms with Gasteiger partial charge in [0.05, 0.1) is 0 Å². The molecule has 2 aromatic carbocycles. The first-order valence-electron chi connectivity index (χ1n) is 10.8. The molecule has 4 heteroatoms. The second-order valence-corrected chi connectivity index (χ2v) is 8.16. The van der Waals surface area contributed by atoms with Gasteiger partial charge in [0.25, 0.3) is 0 Å². The number of hydrogen-bond acceptors (Lipinski definition) is 2. The lowest BCUT2D eigenvalue weighted by molar-refractivity contribution is 0.281. The van der Waals surface area contributed by atoms with Crippen molar-refractivity contribution in [1.82, 2.24) is 10.6 Å². The normalized spacial score (nSPS) is 18.6. The molecule has 162 valence electrons. The third-order valence-corrected chi connectivity index (χ3v) is 5.87. The largest absolute Gasteiger partial charge is 0.308 e. The van der Waals surface area contributed by atoms with Crippen molar-refractivity contribution in [2.45, 2.75) is 84.0 Å². The van der Waals surface area contributed by atoms with E-state index in [2.05, 4.69) is 73.0 Å². The SMILES string of the molecule is CCCCc1ccc(CNC2CCCCC2NCc2ccc(C)cc2)cc1.Cl.Cl. The molecule has 2 atom stereocenters. The van der Waals surface area contributed by atoms with Crippen LogP contribution in [0.1, 0.15) is 67.7 Å². The molecule has 0 heterocycles. The summed E-state index contributed by atoms with van der Waals surface area (Å²) < 4.78 is 0. The molecule has 0 bridgehead atoms. The van der Waals surface area contributed by atoms with Gasteiger partial charge < -0.3 is 10.6 Å².